The quantitative estimate of drug-likeness (QED) is 0.390. The van der Waals surface area contributed by atoms with Gasteiger partial charge in [0.25, 0.3) is 0 Å². The van der Waals surface area contributed by atoms with Crippen molar-refractivity contribution in [2.24, 2.45) is 0 Å². The smallest absolute Gasteiger partial charge is 0.178 e. The lowest BCUT2D eigenvalue weighted by Gasteiger charge is -2.08. The van der Waals surface area contributed by atoms with Crippen molar-refractivity contribution in [2.75, 3.05) is 5.48 Å². The third-order valence-corrected chi connectivity index (χ3v) is 1.68. The van der Waals surface area contributed by atoms with Crippen LogP contribution in [0.3, 0.4) is 0 Å². The van der Waals surface area contributed by atoms with Crippen LogP contribution in [0.2, 0.25) is 0 Å². The summed E-state index contributed by atoms with van der Waals surface area (Å²) in [5, 5.41) is 26.2. The lowest BCUT2D eigenvalue weighted by atomic mass is 10.1. The van der Waals surface area contributed by atoms with Gasteiger partial charge in [-0.15, -0.1) is 0 Å². The molecule has 4 nitrogen and oxygen atoms in total. The van der Waals surface area contributed by atoms with E-state index in [1.807, 2.05) is 5.48 Å². The molecular weight excluding hydrogens is 158 g/mol. The minimum absolute atomic E-state index is 0.345. The van der Waals surface area contributed by atoms with Gasteiger partial charge in [-0.1, -0.05) is 12.1 Å². The Labute approximate surface area is 70.0 Å². The van der Waals surface area contributed by atoms with Crippen molar-refractivity contribution in [3.8, 4) is 0 Å². The molecule has 4 heteroatoms. The maximum absolute atomic E-state index is 8.78. The average Bonchev–Trinajstić information content (AvgIpc) is 2.05. The number of aliphatic hydroxyl groups excluding tert-OH is 1. The highest BCUT2D eigenvalue weighted by atomic mass is 16.5. The third-order valence-electron chi connectivity index (χ3n) is 1.68. The van der Waals surface area contributed by atoms with E-state index in [2.05, 4.69) is 0 Å². The topological polar surface area (TPSA) is 72.7 Å². The average molecular weight is 169 g/mol. The van der Waals surface area contributed by atoms with Crippen LogP contribution in [0.5, 0.6) is 0 Å². The van der Waals surface area contributed by atoms with Crippen LogP contribution in [0.25, 0.3) is 0 Å². The van der Waals surface area contributed by atoms with Gasteiger partial charge in [-0.3, -0.25) is 10.7 Å². The summed E-state index contributed by atoms with van der Waals surface area (Å²) >= 11 is 0. The SMILES string of the molecule is Cc1ccc(C(O)O)cc1NO. The van der Waals surface area contributed by atoms with Crippen molar-refractivity contribution in [2.45, 2.75) is 13.2 Å². The maximum Gasteiger partial charge on any atom is 0.178 e. The van der Waals surface area contributed by atoms with Crippen molar-refractivity contribution >= 4 is 5.69 Å². The van der Waals surface area contributed by atoms with Gasteiger partial charge in [0.15, 0.2) is 6.29 Å². The Morgan fingerprint density at radius 2 is 2.00 bits per heavy atom. The van der Waals surface area contributed by atoms with Crippen molar-refractivity contribution in [1.29, 1.82) is 0 Å². The van der Waals surface area contributed by atoms with E-state index in [9.17, 15) is 0 Å². The predicted molar refractivity (Wildman–Crippen MR) is 43.8 cm³/mol. The second kappa shape index (κ2) is 3.53. The largest absolute Gasteiger partial charge is 0.364 e. The van der Waals surface area contributed by atoms with Crippen LogP contribution in [-0.4, -0.2) is 15.4 Å². The number of benzene rings is 1. The van der Waals surface area contributed by atoms with Gasteiger partial charge in [0, 0.05) is 5.56 Å². The molecule has 0 unspecified atom stereocenters. The maximum atomic E-state index is 8.78. The number of rotatable bonds is 2. The van der Waals surface area contributed by atoms with E-state index in [0.717, 1.165) is 5.56 Å². The van der Waals surface area contributed by atoms with Crippen molar-refractivity contribution in [3.05, 3.63) is 29.3 Å². The molecule has 0 aliphatic rings. The second-order valence-electron chi connectivity index (χ2n) is 2.56. The molecule has 0 saturated heterocycles. The van der Waals surface area contributed by atoms with Crippen molar-refractivity contribution in [1.82, 2.24) is 0 Å². The number of nitrogens with one attached hydrogen (secondary N) is 1. The fraction of sp³-hybridized carbons (Fsp3) is 0.250. The van der Waals surface area contributed by atoms with Crippen LogP contribution >= 0.6 is 0 Å². The zero-order valence-electron chi connectivity index (χ0n) is 6.65. The molecule has 12 heavy (non-hydrogen) atoms. The summed E-state index contributed by atoms with van der Waals surface area (Å²) in [5.41, 5.74) is 3.62. The third kappa shape index (κ3) is 1.73. The number of aliphatic hydroxyl groups is 2. The van der Waals surface area contributed by atoms with Crippen LogP contribution in [0, 0.1) is 6.92 Å². The van der Waals surface area contributed by atoms with Crippen LogP contribution in [0.15, 0.2) is 18.2 Å². The Morgan fingerprint density at radius 3 is 2.50 bits per heavy atom. The molecule has 1 rings (SSSR count). The van der Waals surface area contributed by atoms with Gasteiger partial charge in [0.1, 0.15) is 0 Å². The van der Waals surface area contributed by atoms with Crippen LogP contribution in [0.4, 0.5) is 5.69 Å². The Balaban J connectivity index is 3.05. The Kier molecular flexibility index (Phi) is 2.65. The molecule has 0 heterocycles. The lowest BCUT2D eigenvalue weighted by Crippen LogP contribution is -1.98. The van der Waals surface area contributed by atoms with Crippen LogP contribution in [0.1, 0.15) is 17.4 Å². The number of hydrogen-bond acceptors (Lipinski definition) is 4. The molecule has 1 aromatic carbocycles. The molecule has 0 radical (unpaired) electrons. The van der Waals surface area contributed by atoms with Gasteiger partial charge >= 0.3 is 0 Å². The predicted octanol–water partition coefficient (Wildman–Crippen LogP) is 0.779. The van der Waals surface area contributed by atoms with Crippen molar-refractivity contribution in [3.63, 3.8) is 0 Å². The zero-order chi connectivity index (χ0) is 9.14. The Hall–Kier alpha value is -1.10. The Morgan fingerprint density at radius 1 is 1.33 bits per heavy atom. The zero-order valence-corrected chi connectivity index (χ0v) is 6.65. The van der Waals surface area contributed by atoms with Gasteiger partial charge in [0.2, 0.25) is 0 Å². The molecule has 0 bridgehead atoms. The number of aryl methyl sites for hydroxylation is 1. The molecule has 0 aliphatic carbocycles. The van der Waals surface area contributed by atoms with E-state index in [0.29, 0.717) is 11.3 Å². The summed E-state index contributed by atoms with van der Waals surface area (Å²) in [6, 6.07) is 4.74. The second-order valence-corrected chi connectivity index (χ2v) is 2.56. The summed E-state index contributed by atoms with van der Waals surface area (Å²) in [6.07, 6.45) is -1.50. The van der Waals surface area contributed by atoms with Gasteiger partial charge in [0.05, 0.1) is 5.69 Å². The number of hydrogen-bond donors (Lipinski definition) is 4. The minimum atomic E-state index is -1.50. The molecule has 0 fully saturated rings. The summed E-state index contributed by atoms with van der Waals surface area (Å²) < 4.78 is 0. The highest BCUT2D eigenvalue weighted by Gasteiger charge is 2.04. The lowest BCUT2D eigenvalue weighted by molar-refractivity contribution is -0.0424. The van der Waals surface area contributed by atoms with E-state index >= 15 is 0 Å². The van der Waals surface area contributed by atoms with Gasteiger partial charge in [-0.05, 0) is 18.6 Å². The van der Waals surface area contributed by atoms with Crippen LogP contribution < -0.4 is 5.48 Å². The fourth-order valence-electron chi connectivity index (χ4n) is 0.921. The summed E-state index contributed by atoms with van der Waals surface area (Å²) in [4.78, 5) is 0. The summed E-state index contributed by atoms with van der Waals surface area (Å²) in [6.45, 7) is 1.80. The minimum Gasteiger partial charge on any atom is -0.364 e. The molecule has 1 aromatic rings. The first kappa shape index (κ1) is 8.99. The van der Waals surface area contributed by atoms with Crippen molar-refractivity contribution < 1.29 is 15.4 Å². The first-order valence-electron chi connectivity index (χ1n) is 3.52. The van der Waals surface area contributed by atoms with Gasteiger partial charge in [-0.2, -0.15) is 0 Å². The first-order chi connectivity index (χ1) is 5.65. The van der Waals surface area contributed by atoms with Crippen LogP contribution in [-0.2, 0) is 0 Å². The van der Waals surface area contributed by atoms with E-state index in [1.165, 1.54) is 6.07 Å². The fourth-order valence-corrected chi connectivity index (χ4v) is 0.921. The molecule has 0 saturated carbocycles. The molecule has 0 atom stereocenters. The van der Waals surface area contributed by atoms with E-state index in [1.54, 1.807) is 19.1 Å². The molecule has 0 aromatic heterocycles. The molecular formula is C8H11NO3. The van der Waals surface area contributed by atoms with Gasteiger partial charge < -0.3 is 10.2 Å². The van der Waals surface area contributed by atoms with E-state index in [4.69, 9.17) is 15.4 Å². The highest BCUT2D eigenvalue weighted by molar-refractivity contribution is 5.51. The molecule has 0 aliphatic heterocycles. The standard InChI is InChI=1S/C8H11NO3/c1-5-2-3-6(8(10)11)4-7(5)9-12/h2-4,8-12H,1H3. The molecule has 0 amide bonds. The van der Waals surface area contributed by atoms with Gasteiger partial charge in [-0.25, -0.2) is 0 Å². The summed E-state index contributed by atoms with van der Waals surface area (Å²) in [7, 11) is 0. The molecule has 0 spiro atoms. The summed E-state index contributed by atoms with van der Waals surface area (Å²) in [5.74, 6) is 0. The highest BCUT2D eigenvalue weighted by Crippen LogP contribution is 2.19. The van der Waals surface area contributed by atoms with E-state index in [-0.39, 0.29) is 0 Å². The van der Waals surface area contributed by atoms with E-state index < -0.39 is 6.29 Å². The Bertz CT molecular complexity index is 273. The normalized spacial score (nSPS) is 10.4. The molecule has 66 valence electrons. The monoisotopic (exact) mass is 169 g/mol. The number of anilines is 1. The first-order valence-corrected chi connectivity index (χ1v) is 3.52. The molecule has 4 N–H and O–H groups in total.